The summed E-state index contributed by atoms with van der Waals surface area (Å²) in [7, 11) is 0. The molecule has 1 heterocycles. The van der Waals surface area contributed by atoms with Crippen LogP contribution in [0.1, 0.15) is 335 Å². The van der Waals surface area contributed by atoms with Crippen molar-refractivity contribution in [3.8, 4) is 0 Å². The van der Waals surface area contributed by atoms with Crippen LogP contribution in [0.25, 0.3) is 0 Å². The molecule has 506 valence electrons. The molecule has 7 atom stereocenters. The van der Waals surface area contributed by atoms with E-state index in [2.05, 4.69) is 79.9 Å². The number of ether oxygens (including phenoxy) is 3. The zero-order valence-electron chi connectivity index (χ0n) is 56.2. The zero-order chi connectivity index (χ0) is 63.0. The van der Waals surface area contributed by atoms with Crippen molar-refractivity contribution in [2.24, 2.45) is 0 Å². The van der Waals surface area contributed by atoms with Crippen LogP contribution in [-0.4, -0.2) is 100 Å². The Bertz CT molecular complexity index is 1680. The van der Waals surface area contributed by atoms with Gasteiger partial charge in [0, 0.05) is 12.8 Å². The zero-order valence-corrected chi connectivity index (χ0v) is 56.2. The van der Waals surface area contributed by atoms with Crippen LogP contribution in [0.2, 0.25) is 0 Å². The second kappa shape index (κ2) is 64.6. The molecule has 11 heteroatoms. The highest BCUT2D eigenvalue weighted by Gasteiger charge is 2.44. The normalized spacial score (nSPS) is 18.3. The van der Waals surface area contributed by atoms with Crippen LogP contribution < -0.4 is 5.32 Å². The Balaban J connectivity index is 1.96. The van der Waals surface area contributed by atoms with Gasteiger partial charge in [-0.1, -0.05) is 292 Å². The second-order valence-electron chi connectivity index (χ2n) is 25.3. The van der Waals surface area contributed by atoms with Crippen molar-refractivity contribution in [3.63, 3.8) is 0 Å². The number of aliphatic hydroxyl groups excluding tert-OH is 5. The monoisotopic (exact) mass is 1220 g/mol. The predicted molar refractivity (Wildman–Crippen MR) is 366 cm³/mol. The van der Waals surface area contributed by atoms with Crippen LogP contribution in [-0.2, 0) is 23.8 Å². The van der Waals surface area contributed by atoms with Gasteiger partial charge in [0.05, 0.1) is 32.0 Å². The van der Waals surface area contributed by atoms with Crippen molar-refractivity contribution in [1.82, 2.24) is 5.32 Å². The van der Waals surface area contributed by atoms with Gasteiger partial charge >= 0.3 is 5.97 Å². The molecule has 1 fully saturated rings. The Labute approximate surface area is 534 Å². The third-order valence-corrected chi connectivity index (χ3v) is 17.0. The van der Waals surface area contributed by atoms with Crippen molar-refractivity contribution in [1.29, 1.82) is 0 Å². The molecular formula is C76H137NO10. The first-order valence-corrected chi connectivity index (χ1v) is 36.7. The number of carbonyl (C=O) groups is 2. The summed E-state index contributed by atoms with van der Waals surface area (Å²) in [5, 5.41) is 54.5. The number of rotatable bonds is 64. The second-order valence-corrected chi connectivity index (χ2v) is 25.3. The van der Waals surface area contributed by atoms with E-state index in [0.717, 1.165) is 70.6 Å². The fraction of sp³-hybridized carbons (Fsp3) is 0.816. The molecule has 0 aliphatic carbocycles. The van der Waals surface area contributed by atoms with Gasteiger partial charge < -0.3 is 45.1 Å². The lowest BCUT2D eigenvalue weighted by molar-refractivity contribution is -0.302. The molecule has 87 heavy (non-hydrogen) atoms. The van der Waals surface area contributed by atoms with Gasteiger partial charge in [0.25, 0.3) is 0 Å². The number of amides is 1. The third kappa shape index (κ3) is 53.5. The summed E-state index contributed by atoms with van der Waals surface area (Å²) >= 11 is 0. The van der Waals surface area contributed by atoms with E-state index in [1.54, 1.807) is 6.08 Å². The van der Waals surface area contributed by atoms with Crippen molar-refractivity contribution in [2.45, 2.75) is 378 Å². The van der Waals surface area contributed by atoms with Crippen LogP contribution in [0.15, 0.2) is 72.9 Å². The van der Waals surface area contributed by atoms with Crippen LogP contribution in [0, 0.1) is 0 Å². The summed E-state index contributed by atoms with van der Waals surface area (Å²) < 4.78 is 16.7. The lowest BCUT2D eigenvalue weighted by Gasteiger charge is -2.40. The van der Waals surface area contributed by atoms with Gasteiger partial charge in [-0.3, -0.25) is 9.59 Å². The number of nitrogens with one attached hydrogen (secondary N) is 1. The molecule has 0 aromatic rings. The molecule has 1 rings (SSSR count). The highest BCUT2D eigenvalue weighted by molar-refractivity contribution is 5.76. The van der Waals surface area contributed by atoms with Gasteiger partial charge in [0.15, 0.2) is 6.29 Å². The van der Waals surface area contributed by atoms with Crippen LogP contribution in [0.5, 0.6) is 0 Å². The summed E-state index contributed by atoms with van der Waals surface area (Å²) in [4.78, 5) is 25.1. The molecule has 1 saturated heterocycles. The summed E-state index contributed by atoms with van der Waals surface area (Å²) in [6.07, 6.45) is 77.6. The van der Waals surface area contributed by atoms with E-state index >= 15 is 0 Å². The Kier molecular flexibility index (Phi) is 61.0. The van der Waals surface area contributed by atoms with E-state index in [0.29, 0.717) is 19.4 Å². The van der Waals surface area contributed by atoms with E-state index in [9.17, 15) is 35.1 Å². The maximum Gasteiger partial charge on any atom is 0.305 e. The molecule has 0 aromatic heterocycles. The minimum absolute atomic E-state index is 0.00913. The maximum absolute atomic E-state index is 13.1. The summed E-state index contributed by atoms with van der Waals surface area (Å²) in [5.41, 5.74) is 0. The van der Waals surface area contributed by atoms with E-state index in [1.165, 1.54) is 238 Å². The topological polar surface area (TPSA) is 175 Å². The third-order valence-electron chi connectivity index (χ3n) is 17.0. The fourth-order valence-electron chi connectivity index (χ4n) is 11.2. The lowest BCUT2D eigenvalue weighted by atomic mass is 9.99. The number of allylic oxidation sites excluding steroid dienone is 11. The van der Waals surface area contributed by atoms with Gasteiger partial charge in [-0.05, 0) is 103 Å². The van der Waals surface area contributed by atoms with Gasteiger partial charge in [-0.2, -0.15) is 0 Å². The molecule has 1 aliphatic rings. The smallest absolute Gasteiger partial charge is 0.305 e. The van der Waals surface area contributed by atoms with Gasteiger partial charge in [-0.25, -0.2) is 0 Å². The quantitative estimate of drug-likeness (QED) is 0.0195. The van der Waals surface area contributed by atoms with E-state index < -0.39 is 49.5 Å². The Morgan fingerprint density at radius 1 is 0.425 bits per heavy atom. The first-order valence-electron chi connectivity index (χ1n) is 36.7. The number of hydrogen-bond acceptors (Lipinski definition) is 10. The molecule has 0 bridgehead atoms. The van der Waals surface area contributed by atoms with Crippen molar-refractivity contribution in [3.05, 3.63) is 72.9 Å². The molecular weight excluding hydrogens is 1090 g/mol. The molecule has 0 radical (unpaired) electrons. The molecule has 1 aliphatic heterocycles. The molecule has 0 saturated carbocycles. The average Bonchev–Trinajstić information content (AvgIpc) is 2.19. The molecule has 0 aromatic carbocycles. The van der Waals surface area contributed by atoms with Crippen LogP contribution >= 0.6 is 0 Å². The first-order chi connectivity index (χ1) is 42.7. The lowest BCUT2D eigenvalue weighted by Crippen LogP contribution is -2.60. The predicted octanol–water partition coefficient (Wildman–Crippen LogP) is 19.1. The largest absolute Gasteiger partial charge is 0.466 e. The van der Waals surface area contributed by atoms with Crippen LogP contribution in [0.4, 0.5) is 0 Å². The van der Waals surface area contributed by atoms with E-state index in [-0.39, 0.29) is 18.5 Å². The summed E-state index contributed by atoms with van der Waals surface area (Å²) in [6, 6.07) is -0.827. The van der Waals surface area contributed by atoms with Gasteiger partial charge in [0.1, 0.15) is 24.4 Å². The minimum Gasteiger partial charge on any atom is -0.466 e. The average molecular weight is 1220 g/mol. The van der Waals surface area contributed by atoms with Crippen LogP contribution in [0.3, 0.4) is 0 Å². The fourth-order valence-corrected chi connectivity index (χ4v) is 11.2. The summed E-state index contributed by atoms with van der Waals surface area (Å²) in [6.45, 7) is 4.27. The van der Waals surface area contributed by atoms with Crippen molar-refractivity contribution in [2.75, 3.05) is 19.8 Å². The molecule has 6 N–H and O–H groups in total. The SMILES string of the molecule is CCC/C=C\C/C=C\CCCCCCCC(=O)OCCCCCCCCCCC/C=C\C/C=C\CCCCCCCCCCCCCCCCCCCC(=O)NC(COC1OC(CO)C(O)C(O)C1O)C(O)/C=C/CC/C=C/CCCCCCCCC. The minimum atomic E-state index is -1.58. The van der Waals surface area contributed by atoms with E-state index in [1.807, 2.05) is 6.08 Å². The maximum atomic E-state index is 13.1. The highest BCUT2D eigenvalue weighted by Crippen LogP contribution is 2.23. The standard InChI is InChI=1S/C76H137NO10/c1-3-5-7-9-11-13-15-38-42-46-50-54-58-62-69(79)68(67-86-76-75(84)74(83)73(82)70(66-78)87-76)77-71(80)63-59-55-51-47-43-40-36-34-32-30-28-26-24-22-20-18-17-19-21-23-25-27-29-31-33-35-37-41-45-49-53-57-61-65-85-72(81)64-60-56-52-48-44-39-16-14-12-10-8-6-4-2/h8,10,14,16,21,23,27,29,42,46,58,62,68-70,73-76,78-79,82-84H,3-7,9,11-13,15,17-20,22,24-26,28,30-41,43-45,47-57,59-61,63-67H2,1-2H3,(H,77,80)/b10-8-,16-14-,23-21-,29-27-,46-42+,62-58+. The first kappa shape index (κ1) is 82.1. The number of carbonyl (C=O) groups excluding carboxylic acids is 2. The van der Waals surface area contributed by atoms with Crippen molar-refractivity contribution >= 4 is 11.9 Å². The Hall–Kier alpha value is -2.90. The van der Waals surface area contributed by atoms with E-state index in [4.69, 9.17) is 14.2 Å². The number of esters is 1. The molecule has 0 spiro atoms. The molecule has 11 nitrogen and oxygen atoms in total. The van der Waals surface area contributed by atoms with Crippen molar-refractivity contribution < 1.29 is 49.3 Å². The summed E-state index contributed by atoms with van der Waals surface area (Å²) in [5.74, 6) is -0.199. The Morgan fingerprint density at radius 2 is 0.805 bits per heavy atom. The highest BCUT2D eigenvalue weighted by atomic mass is 16.7. The Morgan fingerprint density at radius 3 is 1.25 bits per heavy atom. The van der Waals surface area contributed by atoms with Gasteiger partial charge in [-0.15, -0.1) is 0 Å². The number of unbranched alkanes of at least 4 members (excludes halogenated alkanes) is 40. The number of hydrogen-bond donors (Lipinski definition) is 6. The number of aliphatic hydroxyl groups is 5. The molecule has 1 amide bonds. The van der Waals surface area contributed by atoms with Gasteiger partial charge in [0.2, 0.25) is 5.91 Å². The molecule has 7 unspecified atom stereocenters.